The Labute approximate surface area is 120 Å². The van der Waals surface area contributed by atoms with Gasteiger partial charge < -0.3 is 15.4 Å². The van der Waals surface area contributed by atoms with Gasteiger partial charge in [0.15, 0.2) is 0 Å². The average molecular weight is 290 g/mol. The molecule has 6 nitrogen and oxygen atoms in total. The van der Waals surface area contributed by atoms with Gasteiger partial charge in [-0.2, -0.15) is 5.10 Å². The first kappa shape index (κ1) is 13.6. The molecule has 2 heterocycles. The number of hydrogen-bond acceptors (Lipinski definition) is 4. The number of carbonyl (C=O) groups is 1. The smallest absolute Gasteiger partial charge is 0.251 e. The van der Waals surface area contributed by atoms with E-state index in [1.54, 1.807) is 30.3 Å². The molecular formula is C14H15FN4O2. The molecule has 1 aliphatic heterocycles. The van der Waals surface area contributed by atoms with Crippen molar-refractivity contribution >= 4 is 17.3 Å². The van der Waals surface area contributed by atoms with Crippen LogP contribution in [0.25, 0.3) is 0 Å². The summed E-state index contributed by atoms with van der Waals surface area (Å²) < 4.78 is 19.9. The number of nitrogens with zero attached hydrogens (tertiary/aromatic N) is 2. The Kier molecular flexibility index (Phi) is 3.57. The van der Waals surface area contributed by atoms with Gasteiger partial charge in [-0.1, -0.05) is 6.07 Å². The normalized spacial score (nSPS) is 16.7. The molecule has 0 saturated carbocycles. The highest BCUT2D eigenvalue weighted by molar-refractivity contribution is 6.04. The fraction of sp³-hybridized carbons (Fsp3) is 0.286. The van der Waals surface area contributed by atoms with Gasteiger partial charge in [0.25, 0.3) is 5.91 Å². The largest absolute Gasteiger partial charge is 0.383 e. The molecule has 21 heavy (non-hydrogen) atoms. The molecule has 1 amide bonds. The summed E-state index contributed by atoms with van der Waals surface area (Å²) in [7, 11) is 1.63. The first-order chi connectivity index (χ1) is 10.2. The maximum absolute atomic E-state index is 13.2. The van der Waals surface area contributed by atoms with Crippen LogP contribution in [0, 0.1) is 5.82 Å². The van der Waals surface area contributed by atoms with Crippen LogP contribution in [-0.4, -0.2) is 29.4 Å². The van der Waals surface area contributed by atoms with Crippen LogP contribution in [0.3, 0.4) is 0 Å². The van der Waals surface area contributed by atoms with Gasteiger partial charge in [0.2, 0.25) is 0 Å². The van der Waals surface area contributed by atoms with Crippen molar-refractivity contribution in [1.82, 2.24) is 9.78 Å². The summed E-state index contributed by atoms with van der Waals surface area (Å²) in [5.41, 5.74) is 1.96. The third kappa shape index (κ3) is 2.73. The molecular weight excluding hydrogens is 275 g/mol. The molecule has 0 fully saturated rings. The van der Waals surface area contributed by atoms with Crippen LogP contribution in [0.2, 0.25) is 0 Å². The van der Waals surface area contributed by atoms with Gasteiger partial charge in [-0.05, 0) is 12.1 Å². The van der Waals surface area contributed by atoms with Gasteiger partial charge in [0.05, 0.1) is 25.0 Å². The van der Waals surface area contributed by atoms with Crippen molar-refractivity contribution < 1.29 is 13.9 Å². The van der Waals surface area contributed by atoms with E-state index in [1.807, 2.05) is 0 Å². The van der Waals surface area contributed by atoms with Crippen LogP contribution >= 0.6 is 0 Å². The number of amides is 1. The van der Waals surface area contributed by atoms with Crippen LogP contribution in [0.5, 0.6) is 0 Å². The molecule has 2 N–H and O–H groups in total. The molecule has 7 heteroatoms. The summed E-state index contributed by atoms with van der Waals surface area (Å²) in [4.78, 5) is 12.0. The molecule has 1 unspecified atom stereocenters. The minimum Gasteiger partial charge on any atom is -0.383 e. The lowest BCUT2D eigenvalue weighted by Gasteiger charge is -2.10. The number of ether oxygens (including phenoxy) is 1. The predicted molar refractivity (Wildman–Crippen MR) is 75.5 cm³/mol. The molecule has 0 saturated heterocycles. The number of aromatic nitrogens is 2. The predicted octanol–water partition coefficient (Wildman–Crippen LogP) is 1.77. The van der Waals surface area contributed by atoms with Crippen LogP contribution in [-0.2, 0) is 16.1 Å². The summed E-state index contributed by atoms with van der Waals surface area (Å²) in [6.07, 6.45) is 3.44. The Morgan fingerprint density at radius 2 is 2.38 bits per heavy atom. The van der Waals surface area contributed by atoms with Crippen LogP contribution < -0.4 is 10.6 Å². The van der Waals surface area contributed by atoms with Crippen molar-refractivity contribution in [2.75, 3.05) is 24.4 Å². The number of halogens is 1. The Morgan fingerprint density at radius 3 is 3.19 bits per heavy atom. The van der Waals surface area contributed by atoms with Crippen molar-refractivity contribution in [3.8, 4) is 0 Å². The highest BCUT2D eigenvalue weighted by Crippen LogP contribution is 2.33. The Hall–Kier alpha value is -2.41. The van der Waals surface area contributed by atoms with E-state index in [9.17, 15) is 9.18 Å². The zero-order chi connectivity index (χ0) is 14.8. The van der Waals surface area contributed by atoms with Gasteiger partial charge >= 0.3 is 0 Å². The number of carbonyl (C=O) groups excluding carboxylic acids is 1. The van der Waals surface area contributed by atoms with E-state index >= 15 is 0 Å². The summed E-state index contributed by atoms with van der Waals surface area (Å²) in [5, 5.41) is 9.94. The van der Waals surface area contributed by atoms with Crippen LogP contribution in [0.15, 0.2) is 30.6 Å². The minimum atomic E-state index is -0.541. The van der Waals surface area contributed by atoms with E-state index in [-0.39, 0.29) is 11.7 Å². The molecule has 1 atom stereocenters. The average Bonchev–Trinajstić information content (AvgIpc) is 3.02. The van der Waals surface area contributed by atoms with Crippen molar-refractivity contribution in [3.05, 3.63) is 42.0 Å². The van der Waals surface area contributed by atoms with Gasteiger partial charge in [-0.15, -0.1) is 0 Å². The van der Waals surface area contributed by atoms with Crippen LogP contribution in [0.1, 0.15) is 11.6 Å². The van der Waals surface area contributed by atoms with E-state index in [0.717, 1.165) is 11.3 Å². The monoisotopic (exact) mass is 290 g/mol. The molecule has 1 aliphatic rings. The summed E-state index contributed by atoms with van der Waals surface area (Å²) in [5.74, 6) is -0.581. The van der Waals surface area contributed by atoms with Crippen molar-refractivity contribution in [3.63, 3.8) is 0 Å². The molecule has 0 bridgehead atoms. The van der Waals surface area contributed by atoms with E-state index in [0.29, 0.717) is 18.8 Å². The number of benzene rings is 1. The molecule has 2 aromatic rings. The Morgan fingerprint density at radius 1 is 1.52 bits per heavy atom. The zero-order valence-corrected chi connectivity index (χ0v) is 11.5. The lowest BCUT2D eigenvalue weighted by Crippen LogP contribution is -2.19. The second kappa shape index (κ2) is 5.53. The number of nitrogens with one attached hydrogen (secondary N) is 2. The SMILES string of the molecule is COCCn1cc(NC2C(=O)Nc3cc(F)ccc32)cn1. The summed E-state index contributed by atoms with van der Waals surface area (Å²) in [6.45, 7) is 1.20. The van der Waals surface area contributed by atoms with E-state index in [2.05, 4.69) is 15.7 Å². The second-order valence-corrected chi connectivity index (χ2v) is 4.78. The molecule has 110 valence electrons. The van der Waals surface area contributed by atoms with Gasteiger partial charge in [-0.3, -0.25) is 9.48 Å². The zero-order valence-electron chi connectivity index (χ0n) is 11.5. The van der Waals surface area contributed by atoms with E-state index in [1.165, 1.54) is 12.1 Å². The summed E-state index contributed by atoms with van der Waals surface area (Å²) >= 11 is 0. The Bertz CT molecular complexity index is 671. The third-order valence-corrected chi connectivity index (χ3v) is 3.32. The first-order valence-corrected chi connectivity index (χ1v) is 6.55. The number of rotatable bonds is 5. The molecule has 0 spiro atoms. The van der Waals surface area contributed by atoms with Crippen molar-refractivity contribution in [2.24, 2.45) is 0 Å². The Balaban J connectivity index is 1.76. The molecule has 3 rings (SSSR count). The molecule has 0 aliphatic carbocycles. The lowest BCUT2D eigenvalue weighted by molar-refractivity contribution is -0.116. The molecule has 1 aromatic heterocycles. The van der Waals surface area contributed by atoms with E-state index in [4.69, 9.17) is 4.74 Å². The fourth-order valence-electron chi connectivity index (χ4n) is 2.29. The van der Waals surface area contributed by atoms with E-state index < -0.39 is 6.04 Å². The highest BCUT2D eigenvalue weighted by Gasteiger charge is 2.30. The molecule has 0 radical (unpaired) electrons. The maximum atomic E-state index is 13.2. The minimum absolute atomic E-state index is 0.208. The molecule has 1 aromatic carbocycles. The first-order valence-electron chi connectivity index (χ1n) is 6.55. The number of fused-ring (bicyclic) bond motifs is 1. The number of methoxy groups -OCH3 is 1. The van der Waals surface area contributed by atoms with Crippen LogP contribution in [0.4, 0.5) is 15.8 Å². The van der Waals surface area contributed by atoms with Gasteiger partial charge in [0, 0.05) is 24.6 Å². The standard InChI is InChI=1S/C14H15FN4O2/c1-21-5-4-19-8-10(7-16-19)17-13-11-3-2-9(15)6-12(11)18-14(13)20/h2-3,6-8,13,17H,4-5H2,1H3,(H,18,20). The topological polar surface area (TPSA) is 68.2 Å². The fourth-order valence-corrected chi connectivity index (χ4v) is 2.29. The van der Waals surface area contributed by atoms with Gasteiger partial charge in [0.1, 0.15) is 11.9 Å². The van der Waals surface area contributed by atoms with Crippen molar-refractivity contribution in [2.45, 2.75) is 12.6 Å². The van der Waals surface area contributed by atoms with Gasteiger partial charge in [-0.25, -0.2) is 4.39 Å². The second-order valence-electron chi connectivity index (χ2n) is 4.78. The van der Waals surface area contributed by atoms with Crippen molar-refractivity contribution in [1.29, 1.82) is 0 Å². The highest BCUT2D eigenvalue weighted by atomic mass is 19.1. The maximum Gasteiger partial charge on any atom is 0.251 e. The lowest BCUT2D eigenvalue weighted by atomic mass is 10.1. The quantitative estimate of drug-likeness (QED) is 0.880. The third-order valence-electron chi connectivity index (χ3n) is 3.32. The summed E-state index contributed by atoms with van der Waals surface area (Å²) in [6, 6.07) is 3.73. The number of anilines is 2. The number of hydrogen-bond donors (Lipinski definition) is 2.